The molecule has 1 fully saturated rings. The van der Waals surface area contributed by atoms with E-state index in [-0.39, 0.29) is 17.1 Å². The molecule has 0 saturated carbocycles. The van der Waals surface area contributed by atoms with E-state index in [9.17, 15) is 9.18 Å². The Bertz CT molecular complexity index is 1410. The first-order valence-electron chi connectivity index (χ1n) is 14.5. The summed E-state index contributed by atoms with van der Waals surface area (Å²) < 4.78 is 19.7. The molecule has 0 spiro atoms. The summed E-state index contributed by atoms with van der Waals surface area (Å²) in [5, 5.41) is 0. The van der Waals surface area contributed by atoms with Gasteiger partial charge in [0.2, 0.25) is 0 Å². The number of amides is 1. The van der Waals surface area contributed by atoms with Crippen molar-refractivity contribution in [2.24, 2.45) is 0 Å². The first-order chi connectivity index (χ1) is 19.4. The van der Waals surface area contributed by atoms with Gasteiger partial charge in [-0.3, -0.25) is 4.79 Å². The number of halogens is 1. The number of nitrogens with zero attached hydrogens (tertiary/aromatic N) is 5. The minimum Gasteiger partial charge on any atom is -0.501 e. The van der Waals surface area contributed by atoms with Crippen LogP contribution < -0.4 is 9.80 Å². The van der Waals surface area contributed by atoms with E-state index in [1.54, 1.807) is 13.2 Å². The highest BCUT2D eigenvalue weighted by molar-refractivity contribution is 5.93. The van der Waals surface area contributed by atoms with Crippen LogP contribution in [0.5, 0.6) is 0 Å². The van der Waals surface area contributed by atoms with Crippen LogP contribution in [0.15, 0.2) is 66.0 Å². The fraction of sp³-hybridized carbons (Fsp3) is 0.485. The number of hydrogen-bond acceptors (Lipinski definition) is 6. The molecule has 3 aliphatic rings. The molecule has 0 atom stereocenters. The van der Waals surface area contributed by atoms with E-state index in [1.807, 2.05) is 42.3 Å². The minimum atomic E-state index is -0.423. The predicted octanol–water partition coefficient (Wildman–Crippen LogP) is 6.33. The zero-order valence-corrected chi connectivity index (χ0v) is 25.3. The molecule has 7 nitrogen and oxygen atoms in total. The van der Waals surface area contributed by atoms with Crippen LogP contribution in [0.2, 0.25) is 0 Å². The van der Waals surface area contributed by atoms with Crippen LogP contribution >= 0.6 is 0 Å². The Hall–Kier alpha value is -3.68. The molecule has 1 amide bonds. The fourth-order valence-electron chi connectivity index (χ4n) is 6.08. The second-order valence-corrected chi connectivity index (χ2v) is 12.7. The molecule has 0 N–H and O–H groups in total. The van der Waals surface area contributed by atoms with E-state index >= 15 is 0 Å². The molecule has 0 bridgehead atoms. The van der Waals surface area contributed by atoms with Crippen LogP contribution in [0.4, 0.5) is 15.9 Å². The zero-order valence-electron chi connectivity index (χ0n) is 25.3. The second-order valence-electron chi connectivity index (χ2n) is 12.7. The average molecular weight is 560 g/mol. The van der Waals surface area contributed by atoms with Gasteiger partial charge >= 0.3 is 0 Å². The predicted molar refractivity (Wildman–Crippen MR) is 162 cm³/mol. The molecule has 2 aromatic heterocycles. The number of allylic oxidation sites excluding steroid dienone is 5. The van der Waals surface area contributed by atoms with Gasteiger partial charge in [-0.1, -0.05) is 26.5 Å². The summed E-state index contributed by atoms with van der Waals surface area (Å²) in [7, 11) is 1.62. The number of hydrogen-bond donors (Lipinski definition) is 0. The summed E-state index contributed by atoms with van der Waals surface area (Å²) in [6, 6.07) is 7.92. The SMILES string of the molecule is C=C(Cc1ccc(N2CCN(C(=O)c3ccc4c(n3)C(C)(C)CCN4C3=CC(F)=C(C)CC3)C(C)(C)C2)nc1)OC. The highest BCUT2D eigenvalue weighted by Gasteiger charge is 2.40. The highest BCUT2D eigenvalue weighted by Crippen LogP contribution is 2.42. The van der Waals surface area contributed by atoms with Gasteiger partial charge in [0.05, 0.1) is 29.8 Å². The number of ether oxygens (including phenoxy) is 1. The number of methoxy groups -OCH3 is 1. The van der Waals surface area contributed by atoms with Crippen LogP contribution in [-0.4, -0.2) is 59.6 Å². The maximum absolute atomic E-state index is 14.5. The van der Waals surface area contributed by atoms with Gasteiger partial charge < -0.3 is 19.4 Å². The fourth-order valence-corrected chi connectivity index (χ4v) is 6.08. The summed E-state index contributed by atoms with van der Waals surface area (Å²) in [5.74, 6) is 1.39. The van der Waals surface area contributed by atoms with Crippen LogP contribution in [0.25, 0.3) is 0 Å². The lowest BCUT2D eigenvalue weighted by molar-refractivity contribution is 0.0507. The van der Waals surface area contributed by atoms with E-state index in [0.29, 0.717) is 37.5 Å². The normalized spacial score (nSPS) is 20.0. The van der Waals surface area contributed by atoms with Crippen LogP contribution in [0.3, 0.4) is 0 Å². The molecule has 8 heteroatoms. The molecule has 0 aromatic carbocycles. The maximum atomic E-state index is 14.5. The third kappa shape index (κ3) is 5.74. The largest absolute Gasteiger partial charge is 0.501 e. The first-order valence-corrected chi connectivity index (χ1v) is 14.5. The molecule has 218 valence electrons. The van der Waals surface area contributed by atoms with Crippen molar-refractivity contribution in [2.75, 3.05) is 43.1 Å². The first kappa shape index (κ1) is 28.8. The van der Waals surface area contributed by atoms with Crippen molar-refractivity contribution in [1.29, 1.82) is 0 Å². The lowest BCUT2D eigenvalue weighted by Crippen LogP contribution is -2.61. The van der Waals surface area contributed by atoms with Crippen molar-refractivity contribution in [1.82, 2.24) is 14.9 Å². The Kier molecular flexibility index (Phi) is 7.70. The lowest BCUT2D eigenvalue weighted by atomic mass is 9.80. The summed E-state index contributed by atoms with van der Waals surface area (Å²) in [4.78, 5) is 30.0. The van der Waals surface area contributed by atoms with E-state index in [1.165, 1.54) is 0 Å². The van der Waals surface area contributed by atoms with Gasteiger partial charge in [-0.15, -0.1) is 0 Å². The van der Waals surface area contributed by atoms with Gasteiger partial charge in [-0.2, -0.15) is 0 Å². The van der Waals surface area contributed by atoms with Crippen molar-refractivity contribution in [3.63, 3.8) is 0 Å². The van der Waals surface area contributed by atoms with Crippen LogP contribution in [-0.2, 0) is 16.6 Å². The minimum absolute atomic E-state index is 0.0618. The second kappa shape index (κ2) is 11.0. The number of piperazine rings is 1. The number of aromatic nitrogens is 2. The summed E-state index contributed by atoms with van der Waals surface area (Å²) in [6.07, 6.45) is 6.56. The molecule has 0 radical (unpaired) electrons. The summed E-state index contributed by atoms with van der Waals surface area (Å²) in [6.45, 7) is 17.0. The Morgan fingerprint density at radius 3 is 2.54 bits per heavy atom. The Labute approximate surface area is 243 Å². The van der Waals surface area contributed by atoms with Gasteiger partial charge in [-0.25, -0.2) is 14.4 Å². The molecule has 4 heterocycles. The van der Waals surface area contributed by atoms with Crippen molar-refractivity contribution in [3.8, 4) is 0 Å². The van der Waals surface area contributed by atoms with E-state index < -0.39 is 5.54 Å². The van der Waals surface area contributed by atoms with Crippen molar-refractivity contribution >= 4 is 17.4 Å². The topological polar surface area (TPSA) is 61.8 Å². The van der Waals surface area contributed by atoms with Crippen LogP contribution in [0, 0.1) is 0 Å². The smallest absolute Gasteiger partial charge is 0.273 e. The quantitative estimate of drug-likeness (QED) is 0.386. The van der Waals surface area contributed by atoms with Crippen molar-refractivity contribution < 1.29 is 13.9 Å². The Morgan fingerprint density at radius 1 is 1.10 bits per heavy atom. The standard InChI is InChI=1S/C33H42FN5O2/c1-22-8-10-25(19-26(22)34)38-15-14-32(3,4)30-28(38)12-11-27(36-30)31(40)39-17-16-37(21-33(39,5)6)29-13-9-24(20-35-29)18-23(2)41-7/h9,11-13,19-20H,2,8,10,14-18,21H2,1,3-7H3. The Morgan fingerprint density at radius 2 is 1.88 bits per heavy atom. The lowest BCUT2D eigenvalue weighted by Gasteiger charge is -2.47. The number of rotatable bonds is 6. The van der Waals surface area contributed by atoms with Gasteiger partial charge in [-0.05, 0) is 75.4 Å². The number of anilines is 2. The van der Waals surface area contributed by atoms with Gasteiger partial charge in [0, 0.05) is 49.9 Å². The van der Waals surface area contributed by atoms with E-state index in [0.717, 1.165) is 59.8 Å². The molecular weight excluding hydrogens is 517 g/mol. The maximum Gasteiger partial charge on any atom is 0.273 e. The Balaban J connectivity index is 1.35. The van der Waals surface area contributed by atoms with Crippen molar-refractivity contribution in [2.45, 2.75) is 71.3 Å². The number of pyridine rings is 2. The van der Waals surface area contributed by atoms with E-state index in [2.05, 4.69) is 49.1 Å². The zero-order chi connectivity index (χ0) is 29.5. The number of carbonyl (C=O) groups excluding carboxylic acids is 1. The molecule has 5 rings (SSSR count). The molecule has 41 heavy (non-hydrogen) atoms. The van der Waals surface area contributed by atoms with Gasteiger partial charge in [0.1, 0.15) is 17.3 Å². The van der Waals surface area contributed by atoms with Gasteiger partial charge in [0.25, 0.3) is 5.91 Å². The van der Waals surface area contributed by atoms with Crippen molar-refractivity contribution in [3.05, 3.63) is 82.9 Å². The average Bonchev–Trinajstić information content (AvgIpc) is 2.94. The van der Waals surface area contributed by atoms with E-state index in [4.69, 9.17) is 9.72 Å². The highest BCUT2D eigenvalue weighted by atomic mass is 19.1. The number of fused-ring (bicyclic) bond motifs is 1. The number of carbonyl (C=O) groups is 1. The molecule has 2 aromatic rings. The summed E-state index contributed by atoms with van der Waals surface area (Å²) >= 11 is 0. The van der Waals surface area contributed by atoms with Gasteiger partial charge in [0.15, 0.2) is 0 Å². The van der Waals surface area contributed by atoms with Crippen LogP contribution in [0.1, 0.15) is 75.6 Å². The summed E-state index contributed by atoms with van der Waals surface area (Å²) in [5.41, 5.74) is 4.55. The molecular formula is C33H42FN5O2. The molecule has 1 aliphatic carbocycles. The molecule has 0 unspecified atom stereocenters. The monoisotopic (exact) mass is 559 g/mol. The molecule has 1 saturated heterocycles. The third-order valence-electron chi connectivity index (χ3n) is 8.76. The molecule has 2 aliphatic heterocycles. The third-order valence-corrected chi connectivity index (χ3v) is 8.76.